The van der Waals surface area contributed by atoms with E-state index in [1.165, 1.54) is 11.6 Å². The van der Waals surface area contributed by atoms with Crippen LogP contribution in [0.25, 0.3) is 5.57 Å². The van der Waals surface area contributed by atoms with E-state index in [9.17, 15) is 14.3 Å². The molecular weight excluding hydrogens is 379 g/mol. The summed E-state index contributed by atoms with van der Waals surface area (Å²) in [6, 6.07) is 11.0. The number of halogens is 1. The number of fused-ring (bicyclic) bond motifs is 5. The molecule has 2 aliphatic heterocycles. The van der Waals surface area contributed by atoms with Gasteiger partial charge in [-0.25, -0.2) is 4.39 Å². The van der Waals surface area contributed by atoms with E-state index in [4.69, 9.17) is 4.74 Å². The summed E-state index contributed by atoms with van der Waals surface area (Å²) < 4.78 is 20.6. The first-order valence-electron chi connectivity index (χ1n) is 11.0. The fourth-order valence-electron chi connectivity index (χ4n) is 6.01. The van der Waals surface area contributed by atoms with E-state index in [0.29, 0.717) is 17.6 Å². The second-order valence-electron chi connectivity index (χ2n) is 8.84. The maximum atomic E-state index is 14.5. The lowest BCUT2D eigenvalue weighted by molar-refractivity contribution is -0.118. The van der Waals surface area contributed by atoms with Gasteiger partial charge in [0.15, 0.2) is 5.78 Å². The summed E-state index contributed by atoms with van der Waals surface area (Å²) in [5.41, 5.74) is 5.37. The van der Waals surface area contributed by atoms with E-state index in [-0.39, 0.29) is 47.3 Å². The van der Waals surface area contributed by atoms with Crippen LogP contribution >= 0.6 is 0 Å². The molecule has 30 heavy (non-hydrogen) atoms. The first-order chi connectivity index (χ1) is 14.5. The van der Waals surface area contributed by atoms with Gasteiger partial charge in [-0.15, -0.1) is 0 Å². The van der Waals surface area contributed by atoms with Gasteiger partial charge < -0.3 is 9.84 Å². The molecule has 0 spiro atoms. The minimum absolute atomic E-state index is 0.00904. The van der Waals surface area contributed by atoms with E-state index >= 15 is 0 Å². The number of aryl methyl sites for hydroxylation is 3. The molecule has 2 bridgehead atoms. The summed E-state index contributed by atoms with van der Waals surface area (Å²) in [6.45, 7) is 6.22. The van der Waals surface area contributed by atoms with E-state index in [1.54, 1.807) is 12.1 Å². The van der Waals surface area contributed by atoms with Crippen molar-refractivity contribution in [3.05, 3.63) is 75.8 Å². The number of hydrogen-bond donors (Lipinski definition) is 1. The molecule has 5 atom stereocenters. The lowest BCUT2D eigenvalue weighted by atomic mass is 9.72. The number of allylic oxidation sites excluding steroid dienone is 1. The number of carbonyl (C=O) groups is 1. The molecule has 1 N–H and O–H groups in total. The third kappa shape index (κ3) is 2.63. The molecular formula is C26H27FO3. The van der Waals surface area contributed by atoms with Gasteiger partial charge in [0.25, 0.3) is 0 Å². The molecule has 2 saturated heterocycles. The van der Waals surface area contributed by atoms with Gasteiger partial charge in [-0.1, -0.05) is 49.7 Å². The van der Waals surface area contributed by atoms with Crippen molar-refractivity contribution >= 4 is 11.4 Å². The van der Waals surface area contributed by atoms with Gasteiger partial charge >= 0.3 is 0 Å². The number of benzene rings is 2. The molecule has 2 fully saturated rings. The van der Waals surface area contributed by atoms with Gasteiger partial charge in [-0.05, 0) is 54.5 Å². The molecule has 3 aliphatic rings. The van der Waals surface area contributed by atoms with Gasteiger partial charge in [-0.2, -0.15) is 0 Å². The number of Topliss-reactive ketones (excluding diaryl/α,β-unsaturated/α-hetero) is 1. The van der Waals surface area contributed by atoms with Crippen LogP contribution in [-0.4, -0.2) is 23.1 Å². The van der Waals surface area contributed by atoms with Crippen molar-refractivity contribution in [3.63, 3.8) is 0 Å². The summed E-state index contributed by atoms with van der Waals surface area (Å²) in [5, 5.41) is 11.3. The molecule has 2 aromatic rings. The van der Waals surface area contributed by atoms with Gasteiger partial charge in [0.1, 0.15) is 11.6 Å². The van der Waals surface area contributed by atoms with Gasteiger partial charge in [0, 0.05) is 5.92 Å². The van der Waals surface area contributed by atoms with Crippen LogP contribution in [0.2, 0.25) is 0 Å². The fraction of sp³-hybridized carbons (Fsp3) is 0.423. The van der Waals surface area contributed by atoms with Crippen LogP contribution in [0.5, 0.6) is 0 Å². The van der Waals surface area contributed by atoms with E-state index < -0.39 is 0 Å². The number of aliphatic hydroxyl groups excluding tert-OH is 1. The molecule has 2 heterocycles. The minimum Gasteiger partial charge on any atom is -0.511 e. The Morgan fingerprint density at radius 2 is 1.77 bits per heavy atom. The van der Waals surface area contributed by atoms with Crippen molar-refractivity contribution in [3.8, 4) is 0 Å². The predicted octanol–water partition coefficient (Wildman–Crippen LogP) is 5.30. The highest BCUT2D eigenvalue weighted by molar-refractivity contribution is 6.26. The third-order valence-corrected chi connectivity index (χ3v) is 7.24. The van der Waals surface area contributed by atoms with Crippen molar-refractivity contribution in [1.29, 1.82) is 0 Å². The van der Waals surface area contributed by atoms with Crippen LogP contribution in [0.1, 0.15) is 54.0 Å². The van der Waals surface area contributed by atoms with E-state index in [2.05, 4.69) is 32.9 Å². The molecule has 0 amide bonds. The molecule has 5 rings (SSSR count). The smallest absolute Gasteiger partial charge is 0.173 e. The van der Waals surface area contributed by atoms with Crippen LogP contribution < -0.4 is 0 Å². The average Bonchev–Trinajstić information content (AvgIpc) is 3.39. The van der Waals surface area contributed by atoms with Crippen LogP contribution in [-0.2, 0) is 22.4 Å². The first kappa shape index (κ1) is 19.5. The zero-order valence-electron chi connectivity index (χ0n) is 17.6. The zero-order valence-corrected chi connectivity index (χ0v) is 17.6. The van der Waals surface area contributed by atoms with Crippen molar-refractivity contribution in [1.82, 2.24) is 0 Å². The van der Waals surface area contributed by atoms with Crippen molar-refractivity contribution < 1.29 is 19.0 Å². The molecule has 2 aromatic carbocycles. The monoisotopic (exact) mass is 406 g/mol. The fourth-order valence-corrected chi connectivity index (χ4v) is 6.01. The number of ketones is 1. The molecule has 156 valence electrons. The highest BCUT2D eigenvalue weighted by Gasteiger charge is 2.63. The second kappa shape index (κ2) is 7.05. The number of carbonyl (C=O) groups excluding carboxylic acids is 1. The molecule has 2 unspecified atom stereocenters. The van der Waals surface area contributed by atoms with Crippen LogP contribution in [0.15, 0.2) is 42.2 Å². The molecule has 1 aliphatic carbocycles. The van der Waals surface area contributed by atoms with Crippen molar-refractivity contribution in [2.24, 2.45) is 11.8 Å². The Kier molecular flexibility index (Phi) is 4.59. The Balaban J connectivity index is 1.61. The number of rotatable bonds is 4. The molecule has 0 radical (unpaired) electrons. The quantitative estimate of drug-likeness (QED) is 0.750. The SMILES string of the molecule is CCc1cc(C)cc(CC)c1C1=C(O)[C@@H]2C3O[C@@H](CC3c3ccccc3F)[C@@H]2C1=O. The molecule has 0 aromatic heterocycles. The maximum Gasteiger partial charge on any atom is 0.173 e. The third-order valence-electron chi connectivity index (χ3n) is 7.24. The summed E-state index contributed by atoms with van der Waals surface area (Å²) in [7, 11) is 0. The largest absolute Gasteiger partial charge is 0.511 e. The van der Waals surface area contributed by atoms with Gasteiger partial charge in [0.05, 0.1) is 29.6 Å². The summed E-state index contributed by atoms with van der Waals surface area (Å²) >= 11 is 0. The average molecular weight is 406 g/mol. The van der Waals surface area contributed by atoms with Crippen LogP contribution in [0.3, 0.4) is 0 Å². The Morgan fingerprint density at radius 1 is 1.10 bits per heavy atom. The van der Waals surface area contributed by atoms with Crippen LogP contribution in [0.4, 0.5) is 4.39 Å². The van der Waals surface area contributed by atoms with Crippen molar-refractivity contribution in [2.45, 2.75) is 58.2 Å². The number of hydrogen-bond acceptors (Lipinski definition) is 3. The van der Waals surface area contributed by atoms with Crippen LogP contribution in [0, 0.1) is 24.6 Å². The van der Waals surface area contributed by atoms with Gasteiger partial charge in [-0.3, -0.25) is 4.79 Å². The van der Waals surface area contributed by atoms with E-state index in [0.717, 1.165) is 29.5 Å². The second-order valence-corrected chi connectivity index (χ2v) is 8.84. The van der Waals surface area contributed by atoms with E-state index in [1.807, 2.05) is 6.07 Å². The Hall–Kier alpha value is -2.46. The summed E-state index contributed by atoms with van der Waals surface area (Å²) in [5.74, 6) is -0.989. The first-order valence-corrected chi connectivity index (χ1v) is 11.0. The summed E-state index contributed by atoms with van der Waals surface area (Å²) in [6.07, 6.45) is 1.58. The Bertz CT molecular complexity index is 1040. The maximum absolute atomic E-state index is 14.5. The predicted molar refractivity (Wildman–Crippen MR) is 114 cm³/mol. The minimum atomic E-state index is -0.383. The standard InChI is InChI=1S/C26H27FO3/c1-4-14-10-13(3)11-15(5-2)20(14)22-24(28)21-19-12-17(16-8-6-7-9-18(16)27)26(30-19)23(21)25(22)29/h6-11,17,19,21,23,26,29H,4-5,12H2,1-3H3/t17?,19-,21-,23+,26?/m0/s1. The molecule has 0 saturated carbocycles. The number of aliphatic hydroxyl groups is 1. The Labute approximate surface area is 176 Å². The topological polar surface area (TPSA) is 46.5 Å². The highest BCUT2D eigenvalue weighted by Crippen LogP contribution is 2.58. The lowest BCUT2D eigenvalue weighted by Crippen LogP contribution is -2.33. The van der Waals surface area contributed by atoms with Gasteiger partial charge in [0.2, 0.25) is 0 Å². The highest BCUT2D eigenvalue weighted by atomic mass is 19.1. The summed E-state index contributed by atoms with van der Waals surface area (Å²) in [4.78, 5) is 13.5. The molecule has 4 heteroatoms. The van der Waals surface area contributed by atoms with Crippen molar-refractivity contribution in [2.75, 3.05) is 0 Å². The zero-order chi connectivity index (χ0) is 21.2. The lowest BCUT2D eigenvalue weighted by Gasteiger charge is -2.28. The number of ether oxygens (including phenoxy) is 1. The Morgan fingerprint density at radius 3 is 2.40 bits per heavy atom. The molecule has 3 nitrogen and oxygen atoms in total. The normalized spacial score (nSPS) is 29.7.